The summed E-state index contributed by atoms with van der Waals surface area (Å²) in [5, 5.41) is 4.15. The van der Waals surface area contributed by atoms with E-state index in [4.69, 9.17) is 5.73 Å². The maximum atomic E-state index is 12.3. The number of nitrogen functional groups attached to an aromatic ring is 1. The highest BCUT2D eigenvalue weighted by molar-refractivity contribution is 5.99. The van der Waals surface area contributed by atoms with Gasteiger partial charge in [0.15, 0.2) is 0 Å². The molecule has 1 amide bonds. The molecule has 4 nitrogen and oxygen atoms in total. The highest BCUT2D eigenvalue weighted by Crippen LogP contribution is 2.34. The molecule has 1 aromatic carbocycles. The van der Waals surface area contributed by atoms with E-state index < -0.39 is 0 Å². The first-order chi connectivity index (χ1) is 9.12. The van der Waals surface area contributed by atoms with Crippen LogP contribution in [-0.2, 0) is 0 Å². The lowest BCUT2D eigenvalue weighted by Gasteiger charge is -2.41. The Morgan fingerprint density at radius 3 is 2.84 bits per heavy atom. The van der Waals surface area contributed by atoms with Crippen LogP contribution in [0.3, 0.4) is 0 Å². The number of rotatable bonds is 3. The van der Waals surface area contributed by atoms with E-state index in [1.165, 1.54) is 6.42 Å². The van der Waals surface area contributed by atoms with Gasteiger partial charge in [0.05, 0.1) is 0 Å². The van der Waals surface area contributed by atoms with Gasteiger partial charge in [-0.1, -0.05) is 6.92 Å². The van der Waals surface area contributed by atoms with Crippen molar-refractivity contribution in [2.45, 2.75) is 38.1 Å². The molecule has 1 aromatic heterocycles. The van der Waals surface area contributed by atoms with Crippen molar-refractivity contribution in [1.29, 1.82) is 0 Å². The van der Waals surface area contributed by atoms with Crippen LogP contribution in [-0.4, -0.2) is 16.4 Å². The second-order valence-electron chi connectivity index (χ2n) is 5.47. The average Bonchev–Trinajstić information content (AvgIpc) is 2.76. The Morgan fingerprint density at radius 2 is 2.21 bits per heavy atom. The van der Waals surface area contributed by atoms with Crippen LogP contribution in [0.1, 0.15) is 43.1 Å². The zero-order valence-corrected chi connectivity index (χ0v) is 11.1. The number of hydrogen-bond acceptors (Lipinski definition) is 2. The van der Waals surface area contributed by atoms with Crippen LogP contribution in [0.4, 0.5) is 5.69 Å². The minimum atomic E-state index is -0.0173. The lowest BCUT2D eigenvalue weighted by atomic mass is 9.75. The molecule has 4 N–H and O–H groups in total. The molecule has 1 heterocycles. The largest absolute Gasteiger partial charge is 0.399 e. The average molecular weight is 257 g/mol. The van der Waals surface area contributed by atoms with Crippen LogP contribution in [0.15, 0.2) is 24.3 Å². The number of nitrogens with two attached hydrogens (primary N) is 1. The smallest absolute Gasteiger partial charge is 0.268 e. The molecule has 0 unspecified atom stereocenters. The molecule has 0 atom stereocenters. The molecule has 0 spiro atoms. The number of aromatic amines is 1. The number of carbonyl (C=O) groups is 1. The topological polar surface area (TPSA) is 70.9 Å². The Bertz CT molecular complexity index is 620. The van der Waals surface area contributed by atoms with Crippen molar-refractivity contribution < 1.29 is 4.79 Å². The monoisotopic (exact) mass is 257 g/mol. The Kier molecular flexibility index (Phi) is 2.73. The number of aromatic nitrogens is 1. The fourth-order valence-electron chi connectivity index (χ4n) is 2.75. The number of hydrogen-bond donors (Lipinski definition) is 3. The van der Waals surface area contributed by atoms with Crippen LogP contribution in [0.2, 0.25) is 0 Å². The van der Waals surface area contributed by atoms with Gasteiger partial charge in [-0.2, -0.15) is 0 Å². The summed E-state index contributed by atoms with van der Waals surface area (Å²) in [5.41, 5.74) is 8.04. The van der Waals surface area contributed by atoms with Crippen LogP contribution in [0, 0.1) is 0 Å². The summed E-state index contributed by atoms with van der Waals surface area (Å²) in [6.45, 7) is 2.13. The Labute approximate surface area is 112 Å². The van der Waals surface area contributed by atoms with Gasteiger partial charge < -0.3 is 16.0 Å². The van der Waals surface area contributed by atoms with Gasteiger partial charge in [-0.3, -0.25) is 4.79 Å². The van der Waals surface area contributed by atoms with E-state index >= 15 is 0 Å². The maximum absolute atomic E-state index is 12.3. The lowest BCUT2D eigenvalue weighted by Crippen LogP contribution is -2.53. The van der Waals surface area contributed by atoms with Crippen LogP contribution in [0.5, 0.6) is 0 Å². The highest BCUT2D eigenvalue weighted by Gasteiger charge is 2.36. The van der Waals surface area contributed by atoms with Gasteiger partial charge in [-0.15, -0.1) is 0 Å². The molecule has 1 aliphatic carbocycles. The van der Waals surface area contributed by atoms with Gasteiger partial charge in [0.25, 0.3) is 5.91 Å². The maximum Gasteiger partial charge on any atom is 0.268 e. The minimum Gasteiger partial charge on any atom is -0.399 e. The third-order valence-electron chi connectivity index (χ3n) is 4.26. The lowest BCUT2D eigenvalue weighted by molar-refractivity contribution is 0.0816. The molecule has 0 bridgehead atoms. The Morgan fingerprint density at radius 1 is 1.42 bits per heavy atom. The molecule has 3 rings (SSSR count). The molecule has 0 aliphatic heterocycles. The first-order valence-electron chi connectivity index (χ1n) is 6.83. The van der Waals surface area contributed by atoms with E-state index in [-0.39, 0.29) is 11.4 Å². The number of H-pyrrole nitrogens is 1. The van der Waals surface area contributed by atoms with Gasteiger partial charge >= 0.3 is 0 Å². The number of benzene rings is 1. The summed E-state index contributed by atoms with van der Waals surface area (Å²) < 4.78 is 0. The standard InChI is InChI=1S/C15H19N3O/c1-2-15(6-3-7-15)18-14(19)13-9-10-8-11(16)4-5-12(10)17-13/h4-5,8-9,17H,2-3,6-7,16H2,1H3,(H,18,19). The van der Waals surface area contributed by atoms with E-state index in [0.29, 0.717) is 11.4 Å². The van der Waals surface area contributed by atoms with Crippen LogP contribution >= 0.6 is 0 Å². The van der Waals surface area contributed by atoms with Crippen molar-refractivity contribution in [3.8, 4) is 0 Å². The van der Waals surface area contributed by atoms with Gasteiger partial charge in [0, 0.05) is 22.1 Å². The molecule has 1 fully saturated rings. The van der Waals surface area contributed by atoms with Gasteiger partial charge in [0.2, 0.25) is 0 Å². The fourth-order valence-corrected chi connectivity index (χ4v) is 2.75. The van der Waals surface area contributed by atoms with Crippen molar-refractivity contribution in [2.75, 3.05) is 5.73 Å². The first kappa shape index (κ1) is 12.1. The second-order valence-corrected chi connectivity index (χ2v) is 5.47. The zero-order chi connectivity index (χ0) is 13.5. The highest BCUT2D eigenvalue weighted by atomic mass is 16.2. The van der Waals surface area contributed by atoms with Gasteiger partial charge in [-0.25, -0.2) is 0 Å². The van der Waals surface area contributed by atoms with E-state index in [1.54, 1.807) is 0 Å². The predicted octanol–water partition coefficient (Wildman–Crippen LogP) is 2.81. The van der Waals surface area contributed by atoms with E-state index in [9.17, 15) is 4.79 Å². The quantitative estimate of drug-likeness (QED) is 0.740. The summed E-state index contributed by atoms with van der Waals surface area (Å²) in [5.74, 6) is -0.0173. The third-order valence-corrected chi connectivity index (χ3v) is 4.26. The molecular formula is C15H19N3O. The number of nitrogens with one attached hydrogen (secondary N) is 2. The third kappa shape index (κ3) is 2.07. The fraction of sp³-hybridized carbons (Fsp3) is 0.400. The first-order valence-corrected chi connectivity index (χ1v) is 6.83. The number of fused-ring (bicyclic) bond motifs is 1. The number of carbonyl (C=O) groups excluding carboxylic acids is 1. The minimum absolute atomic E-state index is 0.0173. The molecule has 1 aliphatic rings. The zero-order valence-electron chi connectivity index (χ0n) is 11.1. The van der Waals surface area contributed by atoms with Crippen LogP contribution < -0.4 is 11.1 Å². The van der Waals surface area contributed by atoms with Gasteiger partial charge in [-0.05, 0) is 49.9 Å². The molecule has 1 saturated carbocycles. The molecule has 19 heavy (non-hydrogen) atoms. The van der Waals surface area contributed by atoms with Gasteiger partial charge in [0.1, 0.15) is 5.69 Å². The van der Waals surface area contributed by atoms with E-state index in [0.717, 1.165) is 30.2 Å². The molecule has 0 saturated heterocycles. The Balaban J connectivity index is 1.85. The van der Waals surface area contributed by atoms with Crippen molar-refractivity contribution in [1.82, 2.24) is 10.3 Å². The molecule has 0 radical (unpaired) electrons. The van der Waals surface area contributed by atoms with Crippen molar-refractivity contribution >= 4 is 22.5 Å². The summed E-state index contributed by atoms with van der Waals surface area (Å²) in [7, 11) is 0. The number of amides is 1. The summed E-state index contributed by atoms with van der Waals surface area (Å²) >= 11 is 0. The van der Waals surface area contributed by atoms with Crippen molar-refractivity contribution in [3.05, 3.63) is 30.0 Å². The SMILES string of the molecule is CCC1(NC(=O)c2cc3cc(N)ccc3[nH]2)CCC1. The summed E-state index contributed by atoms with van der Waals surface area (Å²) in [6, 6.07) is 7.48. The summed E-state index contributed by atoms with van der Waals surface area (Å²) in [6.07, 6.45) is 4.37. The van der Waals surface area contributed by atoms with E-state index in [2.05, 4.69) is 17.2 Å². The second kappa shape index (κ2) is 4.30. The number of anilines is 1. The Hall–Kier alpha value is -1.97. The molecular weight excluding hydrogens is 238 g/mol. The van der Waals surface area contributed by atoms with Crippen LogP contribution in [0.25, 0.3) is 10.9 Å². The predicted molar refractivity (Wildman–Crippen MR) is 77.1 cm³/mol. The molecule has 100 valence electrons. The van der Waals surface area contributed by atoms with Crippen molar-refractivity contribution in [3.63, 3.8) is 0 Å². The normalized spacial score (nSPS) is 17.1. The molecule has 2 aromatic rings. The van der Waals surface area contributed by atoms with Crippen molar-refractivity contribution in [2.24, 2.45) is 0 Å². The molecule has 4 heteroatoms. The summed E-state index contributed by atoms with van der Waals surface area (Å²) in [4.78, 5) is 15.4. The van der Waals surface area contributed by atoms with E-state index in [1.807, 2.05) is 24.3 Å².